The Kier molecular flexibility index (Phi) is 5.88. The Bertz CT molecular complexity index is 855. The number of phenolic OH excluding ortho intramolecular Hbond substituents is 1. The van der Waals surface area contributed by atoms with Crippen LogP contribution in [0.4, 0.5) is 0 Å². The van der Waals surface area contributed by atoms with Gasteiger partial charge in [0.2, 0.25) is 0 Å². The van der Waals surface area contributed by atoms with Gasteiger partial charge in [-0.15, -0.1) is 0 Å². The zero-order valence-corrected chi connectivity index (χ0v) is 17.4. The van der Waals surface area contributed by atoms with E-state index in [2.05, 4.69) is 29.3 Å². The molecule has 2 N–H and O–H groups in total. The quantitative estimate of drug-likeness (QED) is 0.802. The smallest absolute Gasteiger partial charge is 0.120 e. The van der Waals surface area contributed by atoms with Crippen molar-refractivity contribution in [3.05, 3.63) is 59.7 Å². The fraction of sp³-hybridized carbons (Fsp3) is 0.458. The van der Waals surface area contributed by atoms with E-state index in [0.717, 1.165) is 61.5 Å². The van der Waals surface area contributed by atoms with Crippen molar-refractivity contribution in [1.29, 1.82) is 0 Å². The topological polar surface area (TPSA) is 57.1 Å². The summed E-state index contributed by atoms with van der Waals surface area (Å²) in [5, 5.41) is 14.3. The van der Waals surface area contributed by atoms with Gasteiger partial charge in [0.25, 0.3) is 0 Å². The van der Waals surface area contributed by atoms with Crippen molar-refractivity contribution in [3.8, 4) is 11.5 Å². The fourth-order valence-electron chi connectivity index (χ4n) is 4.46. The van der Waals surface area contributed by atoms with Crippen LogP contribution in [-0.2, 0) is 0 Å². The average molecular weight is 394 g/mol. The Hall–Kier alpha value is -2.37. The molecule has 1 atom stereocenters. The highest BCUT2D eigenvalue weighted by atomic mass is 16.5. The van der Waals surface area contributed by atoms with E-state index in [-0.39, 0.29) is 11.7 Å². The van der Waals surface area contributed by atoms with Crippen LogP contribution in [0.5, 0.6) is 11.5 Å². The molecule has 29 heavy (non-hydrogen) atoms. The molecule has 0 amide bonds. The number of aliphatic imine (C=N–C) groups is 1. The first-order valence-corrected chi connectivity index (χ1v) is 10.7. The van der Waals surface area contributed by atoms with Gasteiger partial charge < -0.3 is 14.7 Å². The minimum atomic E-state index is -0.273. The second-order valence-electron chi connectivity index (χ2n) is 7.94. The Balaban J connectivity index is 1.67. The van der Waals surface area contributed by atoms with Gasteiger partial charge in [-0.05, 0) is 62.2 Å². The molecule has 2 heterocycles. The van der Waals surface area contributed by atoms with E-state index in [1.165, 1.54) is 0 Å². The number of hydrogen-bond donors (Lipinski definition) is 2. The van der Waals surface area contributed by atoms with Gasteiger partial charge in [0.05, 0.1) is 6.61 Å². The van der Waals surface area contributed by atoms with Crippen LogP contribution >= 0.6 is 0 Å². The number of nitrogens with one attached hydrogen (secondary N) is 1. The van der Waals surface area contributed by atoms with Crippen molar-refractivity contribution in [2.75, 3.05) is 26.2 Å². The van der Waals surface area contributed by atoms with E-state index in [1.54, 1.807) is 6.07 Å². The lowest BCUT2D eigenvalue weighted by molar-refractivity contribution is 0.129. The molecule has 0 aliphatic carbocycles. The minimum Gasteiger partial charge on any atom is -0.508 e. The first-order valence-electron chi connectivity index (χ1n) is 10.7. The van der Waals surface area contributed by atoms with Gasteiger partial charge in [-0.2, -0.15) is 0 Å². The van der Waals surface area contributed by atoms with Crippen molar-refractivity contribution < 1.29 is 9.84 Å². The average Bonchev–Trinajstić information content (AvgIpc) is 2.75. The number of para-hydroxylation sites is 1. The van der Waals surface area contributed by atoms with Crippen LogP contribution in [-0.4, -0.2) is 47.6 Å². The molecule has 1 fully saturated rings. The van der Waals surface area contributed by atoms with Crippen molar-refractivity contribution in [1.82, 2.24) is 10.2 Å². The summed E-state index contributed by atoms with van der Waals surface area (Å²) in [6.45, 7) is 8.03. The van der Waals surface area contributed by atoms with E-state index in [9.17, 15) is 5.11 Å². The third-order valence-corrected chi connectivity index (χ3v) is 6.13. The molecule has 2 aromatic carbocycles. The maximum Gasteiger partial charge on any atom is 0.120 e. The molecule has 4 rings (SSSR count). The summed E-state index contributed by atoms with van der Waals surface area (Å²) in [6, 6.07) is 15.9. The minimum absolute atomic E-state index is 0.0449. The van der Waals surface area contributed by atoms with Gasteiger partial charge in [-0.3, -0.25) is 10.3 Å². The number of phenols is 1. The molecule has 2 aliphatic heterocycles. The molecule has 2 aromatic rings. The van der Waals surface area contributed by atoms with Gasteiger partial charge >= 0.3 is 0 Å². The van der Waals surface area contributed by atoms with Gasteiger partial charge in [0.15, 0.2) is 0 Å². The lowest BCUT2D eigenvalue weighted by atomic mass is 9.87. The summed E-state index contributed by atoms with van der Waals surface area (Å²) in [5.41, 5.74) is 2.91. The Morgan fingerprint density at radius 1 is 1.10 bits per heavy atom. The second-order valence-corrected chi connectivity index (χ2v) is 7.94. The van der Waals surface area contributed by atoms with Crippen LogP contribution in [0.25, 0.3) is 0 Å². The molecular formula is C24H31N3O2. The van der Waals surface area contributed by atoms with Crippen LogP contribution in [0.15, 0.2) is 53.5 Å². The number of piperidine rings is 1. The number of benzene rings is 2. The number of hydrogen-bond acceptors (Lipinski definition) is 5. The van der Waals surface area contributed by atoms with Gasteiger partial charge in [-0.1, -0.05) is 25.1 Å². The lowest BCUT2D eigenvalue weighted by Gasteiger charge is -2.45. The number of ether oxygens (including phenoxy) is 1. The standard InChI is InChI=1S/C24H31N3O2/c1-3-27-15-13-24(14-16-27)25-21(18-9-11-19(12-10-18)29-4-2)17-22(26-24)20-7-5-6-8-23(20)28/h5-12,22,26,28H,3-4,13-17H2,1-2H3/t22-/m0/s1. The number of rotatable bonds is 5. The van der Waals surface area contributed by atoms with Crippen LogP contribution in [0.2, 0.25) is 0 Å². The molecular weight excluding hydrogens is 362 g/mol. The van der Waals surface area contributed by atoms with Crippen LogP contribution in [0, 0.1) is 0 Å². The summed E-state index contributed by atoms with van der Waals surface area (Å²) in [7, 11) is 0. The highest BCUT2D eigenvalue weighted by molar-refractivity contribution is 6.01. The Morgan fingerprint density at radius 2 is 1.83 bits per heavy atom. The molecule has 2 aliphatic rings. The van der Waals surface area contributed by atoms with E-state index < -0.39 is 0 Å². The zero-order valence-electron chi connectivity index (χ0n) is 17.4. The second kappa shape index (κ2) is 8.56. The van der Waals surface area contributed by atoms with E-state index in [1.807, 2.05) is 37.3 Å². The summed E-state index contributed by atoms with van der Waals surface area (Å²) < 4.78 is 5.60. The molecule has 1 saturated heterocycles. The predicted molar refractivity (Wildman–Crippen MR) is 117 cm³/mol. The maximum atomic E-state index is 10.5. The number of nitrogens with zero attached hydrogens (tertiary/aromatic N) is 2. The largest absolute Gasteiger partial charge is 0.508 e. The highest BCUT2D eigenvalue weighted by Crippen LogP contribution is 2.37. The first-order chi connectivity index (χ1) is 14.1. The number of likely N-dealkylation sites (tertiary alicyclic amines) is 1. The van der Waals surface area contributed by atoms with E-state index in [0.29, 0.717) is 12.4 Å². The summed E-state index contributed by atoms with van der Waals surface area (Å²) in [6.07, 6.45) is 2.71. The van der Waals surface area contributed by atoms with Crippen molar-refractivity contribution >= 4 is 5.71 Å². The maximum absolute atomic E-state index is 10.5. The molecule has 154 valence electrons. The third kappa shape index (κ3) is 4.31. The van der Waals surface area contributed by atoms with Gasteiger partial charge in [0, 0.05) is 36.8 Å². The molecule has 0 unspecified atom stereocenters. The van der Waals surface area contributed by atoms with Crippen LogP contribution in [0.3, 0.4) is 0 Å². The van der Waals surface area contributed by atoms with Crippen molar-refractivity contribution in [2.45, 2.75) is 44.8 Å². The highest BCUT2D eigenvalue weighted by Gasteiger charge is 2.40. The molecule has 5 heteroatoms. The van der Waals surface area contributed by atoms with Crippen LogP contribution < -0.4 is 10.1 Å². The molecule has 0 bridgehead atoms. The molecule has 0 saturated carbocycles. The fourth-order valence-corrected chi connectivity index (χ4v) is 4.46. The summed E-state index contributed by atoms with van der Waals surface area (Å²) in [4.78, 5) is 7.72. The molecule has 5 nitrogen and oxygen atoms in total. The normalized spacial score (nSPS) is 21.7. The lowest BCUT2D eigenvalue weighted by Crippen LogP contribution is -2.56. The van der Waals surface area contributed by atoms with E-state index in [4.69, 9.17) is 9.73 Å². The first kappa shape index (κ1) is 19.9. The molecule has 1 spiro atoms. The summed E-state index contributed by atoms with van der Waals surface area (Å²) in [5.74, 6) is 1.23. The number of aromatic hydroxyl groups is 1. The molecule has 0 radical (unpaired) electrons. The SMILES string of the molecule is CCOc1ccc(C2=NC3(CCN(CC)CC3)N[C@H](c3ccccc3O)C2)cc1. The third-order valence-electron chi connectivity index (χ3n) is 6.13. The van der Waals surface area contributed by atoms with Gasteiger partial charge in [0.1, 0.15) is 17.2 Å². The monoisotopic (exact) mass is 393 g/mol. The Morgan fingerprint density at radius 3 is 2.48 bits per heavy atom. The zero-order chi connectivity index (χ0) is 20.3. The Labute approximate surface area is 173 Å². The van der Waals surface area contributed by atoms with Crippen molar-refractivity contribution in [2.24, 2.45) is 4.99 Å². The predicted octanol–water partition coefficient (Wildman–Crippen LogP) is 4.13. The van der Waals surface area contributed by atoms with Gasteiger partial charge in [-0.25, -0.2) is 0 Å². The van der Waals surface area contributed by atoms with Crippen LogP contribution in [0.1, 0.15) is 50.3 Å². The van der Waals surface area contributed by atoms with Crippen molar-refractivity contribution in [3.63, 3.8) is 0 Å². The molecule has 0 aromatic heterocycles. The summed E-state index contributed by atoms with van der Waals surface area (Å²) >= 11 is 0. The van der Waals surface area contributed by atoms with E-state index >= 15 is 0 Å².